The van der Waals surface area contributed by atoms with Crippen molar-refractivity contribution in [2.24, 2.45) is 0 Å². The molecule has 0 amide bonds. The Bertz CT molecular complexity index is 2870. The van der Waals surface area contributed by atoms with E-state index in [0.29, 0.717) is 12.0 Å². The summed E-state index contributed by atoms with van der Waals surface area (Å²) < 4.78 is 14.9. The summed E-state index contributed by atoms with van der Waals surface area (Å²) >= 11 is 0. The molecule has 0 spiro atoms. The van der Waals surface area contributed by atoms with Gasteiger partial charge in [0.2, 0.25) is 0 Å². The van der Waals surface area contributed by atoms with Crippen LogP contribution in [0, 0.1) is 19.7 Å². The maximum Gasteiger partial charge on any atom is 0.123 e. The predicted octanol–water partition coefficient (Wildman–Crippen LogP) is 15.8. The first-order valence-corrected chi connectivity index (χ1v) is 21.6. The van der Waals surface area contributed by atoms with E-state index in [9.17, 15) is 4.39 Å². The van der Waals surface area contributed by atoms with Gasteiger partial charge in [0.05, 0.1) is 0 Å². The zero-order chi connectivity index (χ0) is 41.3. The number of fused-ring (bicyclic) bond motifs is 4. The molecule has 1 aliphatic carbocycles. The van der Waals surface area contributed by atoms with Crippen molar-refractivity contribution in [3.63, 3.8) is 0 Å². The summed E-state index contributed by atoms with van der Waals surface area (Å²) in [5.74, 6) is 0.226. The summed E-state index contributed by atoms with van der Waals surface area (Å²) in [6, 6.07) is 64.7. The molecule has 8 aromatic carbocycles. The van der Waals surface area contributed by atoms with Crippen LogP contribution in [0.15, 0.2) is 194 Å². The van der Waals surface area contributed by atoms with E-state index in [1.165, 1.54) is 63.2 Å². The molecule has 0 saturated heterocycles. The minimum absolute atomic E-state index is 0.226. The monoisotopic (exact) mass is 789 g/mol. The number of aryl methyl sites for hydroxylation is 2. The molecule has 61 heavy (non-hydrogen) atoms. The molecule has 0 aromatic heterocycles. The second-order valence-corrected chi connectivity index (χ2v) is 16.7. The third kappa shape index (κ3) is 7.78. The van der Waals surface area contributed by atoms with Gasteiger partial charge in [-0.05, 0) is 147 Å². The SMILES string of the molecule is Cc1ccc(C(=C/C=C/c2ccc3c(c2)C2CCCC2N3c2cc(C=C(c3ccccc3)c3ccccc3)cc(-c3cccc4ccc(F)cc34)c2)c2ccc(C)cc2)cc1. The molecule has 2 aliphatic rings. The maximum absolute atomic E-state index is 14.9. The van der Waals surface area contributed by atoms with Crippen molar-refractivity contribution in [1.29, 1.82) is 0 Å². The molecule has 1 aliphatic heterocycles. The molecule has 1 saturated carbocycles. The van der Waals surface area contributed by atoms with Gasteiger partial charge in [-0.1, -0.05) is 175 Å². The quantitative estimate of drug-likeness (QED) is 0.104. The number of rotatable bonds is 9. The van der Waals surface area contributed by atoms with Crippen molar-refractivity contribution in [2.75, 3.05) is 4.90 Å². The summed E-state index contributed by atoms with van der Waals surface area (Å²) in [7, 11) is 0. The first-order valence-electron chi connectivity index (χ1n) is 21.6. The Morgan fingerprint density at radius 2 is 1.25 bits per heavy atom. The van der Waals surface area contributed by atoms with E-state index in [4.69, 9.17) is 0 Å². The molecule has 0 bridgehead atoms. The molecule has 1 nitrogen and oxygen atoms in total. The van der Waals surface area contributed by atoms with Crippen molar-refractivity contribution >= 4 is 45.4 Å². The van der Waals surface area contributed by atoms with Gasteiger partial charge in [-0.25, -0.2) is 4.39 Å². The summed E-state index contributed by atoms with van der Waals surface area (Å²) in [6.45, 7) is 4.27. The summed E-state index contributed by atoms with van der Waals surface area (Å²) in [5.41, 5.74) is 17.9. The summed E-state index contributed by atoms with van der Waals surface area (Å²) in [6.07, 6.45) is 12.6. The Morgan fingerprint density at radius 1 is 0.574 bits per heavy atom. The number of hydrogen-bond acceptors (Lipinski definition) is 1. The third-order valence-corrected chi connectivity index (χ3v) is 12.7. The van der Waals surface area contributed by atoms with Crippen LogP contribution in [-0.2, 0) is 0 Å². The predicted molar refractivity (Wildman–Crippen MR) is 257 cm³/mol. The van der Waals surface area contributed by atoms with E-state index < -0.39 is 0 Å². The molecule has 1 heterocycles. The third-order valence-electron chi connectivity index (χ3n) is 12.7. The van der Waals surface area contributed by atoms with E-state index in [1.807, 2.05) is 6.07 Å². The Kier molecular flexibility index (Phi) is 10.4. The van der Waals surface area contributed by atoms with Gasteiger partial charge in [-0.15, -0.1) is 0 Å². The van der Waals surface area contributed by atoms with Crippen molar-refractivity contribution in [1.82, 2.24) is 0 Å². The highest BCUT2D eigenvalue weighted by atomic mass is 19.1. The van der Waals surface area contributed by atoms with Crippen LogP contribution in [0.3, 0.4) is 0 Å². The van der Waals surface area contributed by atoms with Crippen LogP contribution in [0.25, 0.3) is 45.2 Å². The molecule has 8 aromatic rings. The number of anilines is 2. The van der Waals surface area contributed by atoms with Gasteiger partial charge in [-0.3, -0.25) is 0 Å². The van der Waals surface area contributed by atoms with Crippen LogP contribution >= 0.6 is 0 Å². The fraction of sp³-hybridized carbons (Fsp3) is 0.119. The minimum Gasteiger partial charge on any atom is -0.337 e. The van der Waals surface area contributed by atoms with Crippen LogP contribution in [0.2, 0.25) is 0 Å². The molecule has 0 radical (unpaired) electrons. The van der Waals surface area contributed by atoms with E-state index >= 15 is 0 Å². The lowest BCUT2D eigenvalue weighted by molar-refractivity contribution is 0.630. The number of nitrogens with zero attached hydrogens (tertiary/aromatic N) is 1. The molecule has 2 atom stereocenters. The minimum atomic E-state index is -0.226. The lowest BCUT2D eigenvalue weighted by Gasteiger charge is -2.28. The maximum atomic E-state index is 14.9. The molecule has 1 fully saturated rings. The molecule has 2 unspecified atom stereocenters. The van der Waals surface area contributed by atoms with Crippen LogP contribution < -0.4 is 4.90 Å². The molecule has 0 N–H and O–H groups in total. The zero-order valence-corrected chi connectivity index (χ0v) is 34.7. The van der Waals surface area contributed by atoms with E-state index in [0.717, 1.165) is 50.6 Å². The molecular weight excluding hydrogens is 742 g/mol. The number of halogens is 1. The molecule has 2 heteroatoms. The van der Waals surface area contributed by atoms with E-state index in [-0.39, 0.29) is 5.82 Å². The van der Waals surface area contributed by atoms with Crippen molar-refractivity contribution < 1.29 is 4.39 Å². The highest BCUT2D eigenvalue weighted by molar-refractivity contribution is 5.99. The van der Waals surface area contributed by atoms with Crippen LogP contribution in [0.1, 0.15) is 75.3 Å². The fourth-order valence-corrected chi connectivity index (χ4v) is 9.64. The normalized spacial score (nSPS) is 15.5. The number of allylic oxidation sites excluding steroid dienone is 2. The molecule has 10 rings (SSSR count). The van der Waals surface area contributed by atoms with Gasteiger partial charge >= 0.3 is 0 Å². The Morgan fingerprint density at radius 3 is 1.93 bits per heavy atom. The average molecular weight is 790 g/mol. The molecular formula is C59H48FN. The van der Waals surface area contributed by atoms with Crippen LogP contribution in [0.4, 0.5) is 15.8 Å². The highest BCUT2D eigenvalue weighted by Gasteiger charge is 2.42. The number of benzene rings is 8. The lowest BCUT2D eigenvalue weighted by Crippen LogP contribution is -2.26. The Hall–Kier alpha value is -7.03. The van der Waals surface area contributed by atoms with E-state index in [2.05, 4.69) is 207 Å². The van der Waals surface area contributed by atoms with Gasteiger partial charge in [-0.2, -0.15) is 0 Å². The highest BCUT2D eigenvalue weighted by Crippen LogP contribution is 2.53. The Labute approximate surface area is 359 Å². The van der Waals surface area contributed by atoms with Crippen molar-refractivity contribution in [3.8, 4) is 11.1 Å². The second kappa shape index (κ2) is 16.6. The second-order valence-electron chi connectivity index (χ2n) is 16.7. The summed E-state index contributed by atoms with van der Waals surface area (Å²) in [5, 5.41) is 1.94. The van der Waals surface area contributed by atoms with E-state index in [1.54, 1.807) is 12.1 Å². The van der Waals surface area contributed by atoms with Gasteiger partial charge in [0.1, 0.15) is 5.82 Å². The van der Waals surface area contributed by atoms with Gasteiger partial charge in [0.25, 0.3) is 0 Å². The van der Waals surface area contributed by atoms with Crippen molar-refractivity contribution in [3.05, 3.63) is 250 Å². The Balaban J connectivity index is 1.08. The largest absolute Gasteiger partial charge is 0.337 e. The van der Waals surface area contributed by atoms with Crippen LogP contribution in [-0.4, -0.2) is 6.04 Å². The van der Waals surface area contributed by atoms with Crippen LogP contribution in [0.5, 0.6) is 0 Å². The smallest absolute Gasteiger partial charge is 0.123 e. The van der Waals surface area contributed by atoms with Gasteiger partial charge < -0.3 is 4.90 Å². The van der Waals surface area contributed by atoms with Gasteiger partial charge in [0.15, 0.2) is 0 Å². The lowest BCUT2D eigenvalue weighted by atomic mass is 9.92. The molecule has 296 valence electrons. The first kappa shape index (κ1) is 38.2. The number of hydrogen-bond donors (Lipinski definition) is 0. The fourth-order valence-electron chi connectivity index (χ4n) is 9.64. The standard InChI is InChI=1S/C59H48FN/c1-40-22-27-47(28-23-40)52(48-29-24-41(2)25-30-48)18-9-12-42-26-33-59-57(36-42)54-20-11-21-58(54)61(59)51-35-43(37-55(44-13-5-3-6-14-44)45-15-7-4-8-16-45)34-49(38-51)53-19-10-17-46-31-32-50(60)39-56(46)53/h3-10,12-19,22-39,54,58H,11,20-21H2,1-2H3/b12-9+. The first-order chi connectivity index (χ1) is 29.9. The topological polar surface area (TPSA) is 3.24 Å². The summed E-state index contributed by atoms with van der Waals surface area (Å²) in [4.78, 5) is 2.62. The zero-order valence-electron chi connectivity index (χ0n) is 34.7. The average Bonchev–Trinajstić information content (AvgIpc) is 3.89. The van der Waals surface area contributed by atoms with Gasteiger partial charge in [0, 0.05) is 23.3 Å². The van der Waals surface area contributed by atoms with Crippen molar-refractivity contribution in [2.45, 2.75) is 45.1 Å².